The van der Waals surface area contributed by atoms with Crippen LogP contribution in [-0.2, 0) is 0 Å². The number of quaternary nitrogens is 1. The van der Waals surface area contributed by atoms with E-state index in [9.17, 15) is 9.50 Å². The van der Waals surface area contributed by atoms with Gasteiger partial charge < -0.3 is 20.5 Å². The molecule has 0 saturated heterocycles. The van der Waals surface area contributed by atoms with Crippen LogP contribution in [0.2, 0.25) is 5.02 Å². The number of benzene rings is 3. The minimum Gasteiger partial charge on any atom is -0.507 e. The fourth-order valence-electron chi connectivity index (χ4n) is 3.54. The summed E-state index contributed by atoms with van der Waals surface area (Å²) in [5.41, 5.74) is 3.48. The summed E-state index contributed by atoms with van der Waals surface area (Å²) in [5.74, 6) is 0.626. The summed E-state index contributed by atoms with van der Waals surface area (Å²) < 4.78 is 19.4. The smallest absolute Gasteiger partial charge is 0.186 e. The fourth-order valence-corrected chi connectivity index (χ4v) is 4.12. The summed E-state index contributed by atoms with van der Waals surface area (Å²) in [4.78, 5) is 0. The second-order valence-corrected chi connectivity index (χ2v) is 8.32. The quantitative estimate of drug-likeness (QED) is 0.487. The van der Waals surface area contributed by atoms with Gasteiger partial charge >= 0.3 is 0 Å². The average molecular weight is 491 g/mol. The highest BCUT2D eigenvalue weighted by Gasteiger charge is 2.30. The molecule has 0 saturated carbocycles. The summed E-state index contributed by atoms with van der Waals surface area (Å²) in [7, 11) is 1.63. The van der Waals surface area contributed by atoms with Gasteiger partial charge in [0.1, 0.15) is 23.4 Å². The molecule has 1 aliphatic rings. The molecule has 0 radical (unpaired) electrons. The molecule has 1 heterocycles. The van der Waals surface area contributed by atoms with Gasteiger partial charge in [0.2, 0.25) is 0 Å². The zero-order valence-corrected chi connectivity index (χ0v) is 18.4. The Bertz CT molecular complexity index is 1100. The minimum absolute atomic E-state index is 0.173. The van der Waals surface area contributed by atoms with E-state index in [2.05, 4.69) is 26.6 Å². The molecule has 0 amide bonds. The Hall–Kier alpha value is -2.54. The second-order valence-electron chi connectivity index (χ2n) is 7.03. The summed E-state index contributed by atoms with van der Waals surface area (Å²) >= 11 is 9.46. The van der Waals surface area contributed by atoms with Gasteiger partial charge in [-0.3, -0.25) is 0 Å². The maximum atomic E-state index is 13.8. The van der Waals surface area contributed by atoms with E-state index in [0.717, 1.165) is 22.6 Å². The van der Waals surface area contributed by atoms with Gasteiger partial charge in [0.05, 0.1) is 17.1 Å². The van der Waals surface area contributed by atoms with Gasteiger partial charge in [0, 0.05) is 22.4 Å². The standard InChI is InChI=1S/C23H19BrClFN2O2/c1-30-16-6-2-13(3-7-16)20-12-21(17-11-15(25)5-9-22(17)29)28-23(27-20)14-4-8-19(26)18(24)10-14/h2-12,21,23,27-29H,1H3/p+1. The second kappa shape index (κ2) is 8.68. The Morgan fingerprint density at radius 3 is 2.57 bits per heavy atom. The minimum atomic E-state index is -0.315. The van der Waals surface area contributed by atoms with Crippen LogP contribution < -0.4 is 15.4 Å². The van der Waals surface area contributed by atoms with E-state index in [4.69, 9.17) is 16.3 Å². The van der Waals surface area contributed by atoms with Crippen molar-refractivity contribution in [1.82, 2.24) is 5.32 Å². The van der Waals surface area contributed by atoms with Gasteiger partial charge in [-0.05, 0) is 82.2 Å². The topological polar surface area (TPSA) is 58.1 Å². The lowest BCUT2D eigenvalue weighted by molar-refractivity contribution is -0.731. The van der Waals surface area contributed by atoms with Crippen LogP contribution >= 0.6 is 27.5 Å². The summed E-state index contributed by atoms with van der Waals surface area (Å²) in [6, 6.07) is 17.5. The molecule has 4 rings (SSSR count). The van der Waals surface area contributed by atoms with Gasteiger partial charge in [0.15, 0.2) is 6.17 Å². The number of nitrogens with one attached hydrogen (secondary N) is 1. The first-order valence-electron chi connectivity index (χ1n) is 9.36. The molecule has 2 unspecified atom stereocenters. The third-order valence-corrected chi connectivity index (χ3v) is 5.95. The molecule has 0 fully saturated rings. The lowest BCUT2D eigenvalue weighted by Gasteiger charge is -2.30. The third-order valence-electron chi connectivity index (χ3n) is 5.11. The molecule has 3 aromatic carbocycles. The number of nitrogens with two attached hydrogens (primary N) is 1. The van der Waals surface area contributed by atoms with Crippen molar-refractivity contribution in [2.24, 2.45) is 0 Å². The summed E-state index contributed by atoms with van der Waals surface area (Å²) in [5, 5.41) is 16.6. The Labute approximate surface area is 187 Å². The van der Waals surface area contributed by atoms with E-state index >= 15 is 0 Å². The highest BCUT2D eigenvalue weighted by molar-refractivity contribution is 9.10. The Morgan fingerprint density at radius 1 is 1.10 bits per heavy atom. The molecule has 0 aromatic heterocycles. The van der Waals surface area contributed by atoms with Gasteiger partial charge in [0.25, 0.3) is 0 Å². The van der Waals surface area contributed by atoms with E-state index in [1.165, 1.54) is 6.07 Å². The molecule has 1 aliphatic heterocycles. The number of hydrogen-bond donors (Lipinski definition) is 3. The van der Waals surface area contributed by atoms with E-state index in [-0.39, 0.29) is 23.8 Å². The predicted octanol–water partition coefficient (Wildman–Crippen LogP) is 4.90. The van der Waals surface area contributed by atoms with Crippen LogP contribution in [-0.4, -0.2) is 12.2 Å². The molecule has 154 valence electrons. The van der Waals surface area contributed by atoms with Crippen molar-refractivity contribution < 1.29 is 19.6 Å². The lowest BCUT2D eigenvalue weighted by Crippen LogP contribution is -2.89. The molecular formula is C23H20BrClFN2O2+. The van der Waals surface area contributed by atoms with Gasteiger partial charge in [-0.1, -0.05) is 11.6 Å². The van der Waals surface area contributed by atoms with Crippen molar-refractivity contribution in [1.29, 1.82) is 0 Å². The van der Waals surface area contributed by atoms with Crippen molar-refractivity contribution in [2.45, 2.75) is 12.2 Å². The molecule has 0 bridgehead atoms. The Morgan fingerprint density at radius 2 is 1.87 bits per heavy atom. The van der Waals surface area contributed by atoms with Crippen molar-refractivity contribution >= 4 is 33.2 Å². The number of methoxy groups -OCH3 is 1. The predicted molar refractivity (Wildman–Crippen MR) is 119 cm³/mol. The first kappa shape index (κ1) is 20.7. The molecule has 30 heavy (non-hydrogen) atoms. The Kier molecular flexibility index (Phi) is 5.99. The number of ether oxygens (including phenoxy) is 1. The maximum absolute atomic E-state index is 13.8. The summed E-state index contributed by atoms with van der Waals surface area (Å²) in [6.45, 7) is 0. The van der Waals surface area contributed by atoms with Gasteiger partial charge in [-0.2, -0.15) is 0 Å². The highest BCUT2D eigenvalue weighted by Crippen LogP contribution is 2.32. The molecule has 4 N–H and O–H groups in total. The SMILES string of the molecule is COc1ccc(C2=CC(c3cc(Cl)ccc3O)[NH2+]C(c3ccc(F)c(Br)c3)N2)cc1. The number of rotatable bonds is 4. The molecule has 7 heteroatoms. The van der Waals surface area contributed by atoms with Crippen LogP contribution in [0.1, 0.15) is 28.9 Å². The van der Waals surface area contributed by atoms with E-state index in [1.54, 1.807) is 37.4 Å². The van der Waals surface area contributed by atoms with Crippen LogP contribution in [0.4, 0.5) is 4.39 Å². The fraction of sp³-hybridized carbons (Fsp3) is 0.130. The van der Waals surface area contributed by atoms with Crippen LogP contribution in [0.3, 0.4) is 0 Å². The van der Waals surface area contributed by atoms with Crippen LogP contribution in [0.15, 0.2) is 71.2 Å². The van der Waals surface area contributed by atoms with Gasteiger partial charge in [-0.25, -0.2) is 4.39 Å². The van der Waals surface area contributed by atoms with Crippen molar-refractivity contribution in [3.05, 3.63) is 98.7 Å². The number of phenolic OH excluding ortho intramolecular Hbond substituents is 1. The molecule has 2 atom stereocenters. The number of hydrogen-bond acceptors (Lipinski definition) is 3. The van der Waals surface area contributed by atoms with E-state index < -0.39 is 0 Å². The highest BCUT2D eigenvalue weighted by atomic mass is 79.9. The first-order valence-corrected chi connectivity index (χ1v) is 10.5. The van der Waals surface area contributed by atoms with Crippen LogP contribution in [0.25, 0.3) is 5.70 Å². The number of aromatic hydroxyl groups is 1. The third kappa shape index (κ3) is 4.31. The number of halogens is 3. The summed E-state index contributed by atoms with van der Waals surface area (Å²) in [6.07, 6.45) is 1.84. The normalized spacial score (nSPS) is 18.5. The zero-order valence-electron chi connectivity index (χ0n) is 16.1. The molecule has 0 aliphatic carbocycles. The monoisotopic (exact) mass is 489 g/mol. The van der Waals surface area contributed by atoms with E-state index in [1.807, 2.05) is 30.3 Å². The lowest BCUT2D eigenvalue weighted by atomic mass is 9.98. The van der Waals surface area contributed by atoms with Gasteiger partial charge in [-0.15, -0.1) is 0 Å². The van der Waals surface area contributed by atoms with Crippen molar-refractivity contribution in [3.8, 4) is 11.5 Å². The number of phenols is 1. The molecule has 0 spiro atoms. The molecular weight excluding hydrogens is 471 g/mol. The van der Waals surface area contributed by atoms with Crippen molar-refractivity contribution in [2.75, 3.05) is 7.11 Å². The maximum Gasteiger partial charge on any atom is 0.186 e. The van der Waals surface area contributed by atoms with Crippen molar-refractivity contribution in [3.63, 3.8) is 0 Å². The largest absolute Gasteiger partial charge is 0.507 e. The average Bonchev–Trinajstić information content (AvgIpc) is 2.77. The zero-order chi connectivity index (χ0) is 21.3. The van der Waals surface area contributed by atoms with Crippen LogP contribution in [0.5, 0.6) is 11.5 Å². The molecule has 4 nitrogen and oxygen atoms in total. The molecule has 3 aromatic rings. The Balaban J connectivity index is 1.77. The first-order chi connectivity index (χ1) is 14.4. The van der Waals surface area contributed by atoms with Crippen LogP contribution in [0, 0.1) is 5.82 Å². The van der Waals surface area contributed by atoms with E-state index in [0.29, 0.717) is 15.1 Å².